The number of thioether (sulfide) groups is 1. The van der Waals surface area contributed by atoms with Crippen molar-refractivity contribution in [3.63, 3.8) is 0 Å². The summed E-state index contributed by atoms with van der Waals surface area (Å²) >= 11 is 1.36. The van der Waals surface area contributed by atoms with E-state index < -0.39 is 0 Å². The Morgan fingerprint density at radius 2 is 1.68 bits per heavy atom. The van der Waals surface area contributed by atoms with Crippen LogP contribution in [-0.2, 0) is 4.79 Å². The first-order valence-electron chi connectivity index (χ1n) is 8.22. The van der Waals surface area contributed by atoms with Gasteiger partial charge in [0.1, 0.15) is 5.69 Å². The van der Waals surface area contributed by atoms with Crippen molar-refractivity contribution in [2.75, 3.05) is 7.05 Å². The molecular formula is C20H20N2O2S. The summed E-state index contributed by atoms with van der Waals surface area (Å²) in [4.78, 5) is 16.7. The van der Waals surface area contributed by atoms with Crippen molar-refractivity contribution in [2.24, 2.45) is 0 Å². The number of rotatable bonds is 6. The Bertz CT molecular complexity index is 774. The summed E-state index contributed by atoms with van der Waals surface area (Å²) in [6, 6.07) is 19.8. The molecule has 0 aliphatic rings. The zero-order chi connectivity index (χ0) is 17.6. The minimum absolute atomic E-state index is 0.0202. The Morgan fingerprint density at radius 1 is 1.08 bits per heavy atom. The van der Waals surface area contributed by atoms with Crippen LogP contribution in [0.1, 0.15) is 13.3 Å². The van der Waals surface area contributed by atoms with Gasteiger partial charge in [0.25, 0.3) is 5.22 Å². The van der Waals surface area contributed by atoms with Crippen molar-refractivity contribution in [2.45, 2.75) is 23.8 Å². The lowest BCUT2D eigenvalue weighted by atomic mass is 10.1. The van der Waals surface area contributed by atoms with Crippen molar-refractivity contribution < 1.29 is 9.21 Å². The maximum atomic E-state index is 12.0. The van der Waals surface area contributed by atoms with Crippen molar-refractivity contribution in [1.82, 2.24) is 10.3 Å². The summed E-state index contributed by atoms with van der Waals surface area (Å²) in [5.41, 5.74) is 2.75. The van der Waals surface area contributed by atoms with Crippen LogP contribution in [0.5, 0.6) is 0 Å². The molecule has 5 heteroatoms. The third-order valence-corrected chi connectivity index (χ3v) is 5.05. The number of carbonyl (C=O) groups excluding carboxylic acids is 1. The second kappa shape index (κ2) is 8.03. The molecule has 0 bridgehead atoms. The summed E-state index contributed by atoms with van der Waals surface area (Å²) in [7, 11) is 1.64. The van der Waals surface area contributed by atoms with Crippen LogP contribution in [0.25, 0.3) is 22.6 Å². The van der Waals surface area contributed by atoms with Gasteiger partial charge in [0.2, 0.25) is 5.91 Å². The monoisotopic (exact) mass is 352 g/mol. The third-order valence-electron chi connectivity index (χ3n) is 3.84. The highest BCUT2D eigenvalue weighted by atomic mass is 32.2. The van der Waals surface area contributed by atoms with Gasteiger partial charge in [-0.2, -0.15) is 0 Å². The van der Waals surface area contributed by atoms with E-state index in [0.29, 0.717) is 11.6 Å². The molecule has 2 aromatic carbocycles. The van der Waals surface area contributed by atoms with Crippen LogP contribution in [0, 0.1) is 0 Å². The Labute approximate surface area is 151 Å². The van der Waals surface area contributed by atoms with Crippen LogP contribution < -0.4 is 5.32 Å². The number of hydrogen-bond acceptors (Lipinski definition) is 4. The maximum Gasteiger partial charge on any atom is 0.257 e. The minimum atomic E-state index is -0.226. The van der Waals surface area contributed by atoms with Crippen molar-refractivity contribution in [1.29, 1.82) is 0 Å². The molecule has 1 aromatic heterocycles. The lowest BCUT2D eigenvalue weighted by Crippen LogP contribution is -2.28. The SMILES string of the molecule is CC[C@H](Sc1nc(-c2ccccc2)c(-c2ccccc2)o1)C(=O)NC. The molecule has 0 saturated carbocycles. The first kappa shape index (κ1) is 17.3. The van der Waals surface area contributed by atoms with Gasteiger partial charge in [-0.15, -0.1) is 0 Å². The molecule has 1 heterocycles. The molecule has 4 nitrogen and oxygen atoms in total. The lowest BCUT2D eigenvalue weighted by molar-refractivity contribution is -0.120. The molecule has 0 aliphatic carbocycles. The van der Waals surface area contributed by atoms with Gasteiger partial charge < -0.3 is 9.73 Å². The van der Waals surface area contributed by atoms with Gasteiger partial charge in [0.05, 0.1) is 5.25 Å². The molecule has 0 saturated heterocycles. The Kier molecular flexibility index (Phi) is 5.56. The van der Waals surface area contributed by atoms with E-state index in [-0.39, 0.29) is 11.2 Å². The minimum Gasteiger partial charge on any atom is -0.431 e. The van der Waals surface area contributed by atoms with Gasteiger partial charge in [0, 0.05) is 18.2 Å². The molecule has 1 atom stereocenters. The molecule has 25 heavy (non-hydrogen) atoms. The number of hydrogen-bond donors (Lipinski definition) is 1. The predicted octanol–water partition coefficient (Wildman–Crippen LogP) is 4.63. The van der Waals surface area contributed by atoms with Crippen molar-refractivity contribution >= 4 is 17.7 Å². The number of carbonyl (C=O) groups is 1. The molecular weight excluding hydrogens is 332 g/mol. The first-order valence-corrected chi connectivity index (χ1v) is 9.10. The van der Waals surface area contributed by atoms with E-state index in [1.807, 2.05) is 67.6 Å². The smallest absolute Gasteiger partial charge is 0.257 e. The van der Waals surface area contributed by atoms with Crippen molar-refractivity contribution in [3.8, 4) is 22.6 Å². The number of benzene rings is 2. The van der Waals surface area contributed by atoms with Gasteiger partial charge in [-0.1, -0.05) is 79.3 Å². The second-order valence-electron chi connectivity index (χ2n) is 5.52. The van der Waals surface area contributed by atoms with Gasteiger partial charge in [-0.3, -0.25) is 4.79 Å². The Balaban J connectivity index is 2.02. The zero-order valence-corrected chi connectivity index (χ0v) is 15.0. The summed E-state index contributed by atoms with van der Waals surface area (Å²) < 4.78 is 6.05. The van der Waals surface area contributed by atoms with Crippen LogP contribution in [0.4, 0.5) is 0 Å². The average molecular weight is 352 g/mol. The van der Waals surface area contributed by atoms with Gasteiger partial charge >= 0.3 is 0 Å². The zero-order valence-electron chi connectivity index (χ0n) is 14.2. The summed E-state index contributed by atoms with van der Waals surface area (Å²) in [6.45, 7) is 1.98. The number of nitrogens with zero attached hydrogens (tertiary/aromatic N) is 1. The highest BCUT2D eigenvalue weighted by molar-refractivity contribution is 8.00. The quantitative estimate of drug-likeness (QED) is 0.658. The third kappa shape index (κ3) is 3.94. The molecule has 1 amide bonds. The van der Waals surface area contributed by atoms with Crippen LogP contribution in [0.2, 0.25) is 0 Å². The highest BCUT2D eigenvalue weighted by Gasteiger charge is 2.22. The standard InChI is InChI=1S/C20H20N2O2S/c1-3-16(19(23)21-2)25-20-22-17(14-10-6-4-7-11-14)18(24-20)15-12-8-5-9-13-15/h4-13,16H,3H2,1-2H3,(H,21,23)/t16-/m0/s1. The number of nitrogens with one attached hydrogen (secondary N) is 1. The van der Waals surface area contributed by atoms with Gasteiger partial charge in [-0.05, 0) is 6.42 Å². The number of amides is 1. The molecule has 0 unspecified atom stereocenters. The first-order chi connectivity index (χ1) is 12.2. The summed E-state index contributed by atoms with van der Waals surface area (Å²) in [6.07, 6.45) is 0.702. The largest absolute Gasteiger partial charge is 0.431 e. The van der Waals surface area contributed by atoms with E-state index in [2.05, 4.69) is 10.3 Å². The van der Waals surface area contributed by atoms with Gasteiger partial charge in [0.15, 0.2) is 5.76 Å². The van der Waals surface area contributed by atoms with Crippen LogP contribution in [0.15, 0.2) is 70.3 Å². The summed E-state index contributed by atoms with van der Waals surface area (Å²) in [5, 5.41) is 2.97. The summed E-state index contributed by atoms with van der Waals surface area (Å²) in [5.74, 6) is 0.703. The fourth-order valence-electron chi connectivity index (χ4n) is 2.53. The second-order valence-corrected chi connectivity index (χ2v) is 6.67. The average Bonchev–Trinajstić information content (AvgIpc) is 3.11. The van der Waals surface area contributed by atoms with E-state index in [1.54, 1.807) is 7.05 Å². The lowest BCUT2D eigenvalue weighted by Gasteiger charge is -2.09. The van der Waals surface area contributed by atoms with Gasteiger partial charge in [-0.25, -0.2) is 4.98 Å². The molecule has 0 fully saturated rings. The van der Waals surface area contributed by atoms with E-state index in [0.717, 1.165) is 22.6 Å². The molecule has 1 N–H and O–H groups in total. The van der Waals surface area contributed by atoms with E-state index in [4.69, 9.17) is 4.42 Å². The fraction of sp³-hybridized carbons (Fsp3) is 0.200. The normalized spacial score (nSPS) is 11.9. The Hall–Kier alpha value is -2.53. The molecule has 3 rings (SSSR count). The number of oxazole rings is 1. The predicted molar refractivity (Wildman–Crippen MR) is 101 cm³/mol. The molecule has 0 radical (unpaired) electrons. The molecule has 0 aliphatic heterocycles. The fourth-order valence-corrected chi connectivity index (χ4v) is 3.44. The van der Waals surface area contributed by atoms with E-state index in [1.165, 1.54) is 11.8 Å². The van der Waals surface area contributed by atoms with E-state index >= 15 is 0 Å². The van der Waals surface area contributed by atoms with Crippen LogP contribution in [0.3, 0.4) is 0 Å². The molecule has 0 spiro atoms. The highest BCUT2D eigenvalue weighted by Crippen LogP contribution is 2.37. The Morgan fingerprint density at radius 3 is 2.24 bits per heavy atom. The molecule has 3 aromatic rings. The number of aromatic nitrogens is 1. The molecule has 128 valence electrons. The van der Waals surface area contributed by atoms with Crippen molar-refractivity contribution in [3.05, 3.63) is 60.7 Å². The maximum absolute atomic E-state index is 12.0. The topological polar surface area (TPSA) is 55.1 Å². The van der Waals surface area contributed by atoms with E-state index in [9.17, 15) is 4.79 Å². The van der Waals surface area contributed by atoms with Crippen LogP contribution >= 0.6 is 11.8 Å². The van der Waals surface area contributed by atoms with Crippen LogP contribution in [-0.4, -0.2) is 23.2 Å².